The van der Waals surface area contributed by atoms with E-state index in [9.17, 15) is 5.11 Å². The van der Waals surface area contributed by atoms with Crippen molar-refractivity contribution in [3.05, 3.63) is 21.9 Å². The summed E-state index contributed by atoms with van der Waals surface area (Å²) < 4.78 is 0. The minimum Gasteiger partial charge on any atom is -0.388 e. The van der Waals surface area contributed by atoms with Gasteiger partial charge in [0.25, 0.3) is 0 Å². The molecule has 0 fully saturated rings. The van der Waals surface area contributed by atoms with Gasteiger partial charge in [-0.1, -0.05) is 0 Å². The lowest BCUT2D eigenvalue weighted by Gasteiger charge is -2.04. The molecule has 3 N–H and O–H groups in total. The smallest absolute Gasteiger partial charge is 0.110 e. The molecule has 0 unspecified atom stereocenters. The van der Waals surface area contributed by atoms with Crippen molar-refractivity contribution in [3.8, 4) is 6.07 Å². The Morgan fingerprint density at radius 3 is 2.92 bits per heavy atom. The first-order valence-electron chi connectivity index (χ1n) is 3.66. The number of hydrogen-bond donors (Lipinski definition) is 2. The number of nitrogens with zero attached hydrogens (tertiary/aromatic N) is 1. The van der Waals surface area contributed by atoms with Crippen molar-refractivity contribution in [2.24, 2.45) is 5.73 Å². The third kappa shape index (κ3) is 2.05. The molecule has 0 radical (unpaired) electrons. The molecule has 1 aromatic heterocycles. The average Bonchev–Trinajstić information content (AvgIpc) is 2.52. The van der Waals surface area contributed by atoms with Crippen molar-refractivity contribution in [1.29, 1.82) is 5.26 Å². The lowest BCUT2D eigenvalue weighted by atomic mass is 10.2. The standard InChI is InChI=1S/C8H10N2OS/c9-4-3-7(11)8-2-1-6(5-10)12-8/h1-2,7,11H,3-4,9H2/t7-/m0/s1. The van der Waals surface area contributed by atoms with Gasteiger partial charge in [-0.05, 0) is 25.1 Å². The molecule has 0 aliphatic carbocycles. The van der Waals surface area contributed by atoms with Crippen LogP contribution in [-0.4, -0.2) is 11.7 Å². The Kier molecular flexibility index (Phi) is 3.23. The van der Waals surface area contributed by atoms with E-state index < -0.39 is 6.10 Å². The normalized spacial score (nSPS) is 12.4. The Bertz CT molecular complexity index is 289. The highest BCUT2D eigenvalue weighted by molar-refractivity contribution is 7.12. The maximum Gasteiger partial charge on any atom is 0.110 e. The summed E-state index contributed by atoms with van der Waals surface area (Å²) in [6.07, 6.45) is 0.0351. The SMILES string of the molecule is N#Cc1ccc([C@@H](O)CCN)s1. The summed E-state index contributed by atoms with van der Waals surface area (Å²) in [5.74, 6) is 0. The molecule has 0 bridgehead atoms. The van der Waals surface area contributed by atoms with Crippen LogP contribution < -0.4 is 5.73 Å². The highest BCUT2D eigenvalue weighted by Crippen LogP contribution is 2.24. The van der Waals surface area contributed by atoms with Crippen molar-refractivity contribution in [1.82, 2.24) is 0 Å². The first-order chi connectivity index (χ1) is 5.77. The van der Waals surface area contributed by atoms with Gasteiger partial charge in [-0.3, -0.25) is 0 Å². The van der Waals surface area contributed by atoms with Gasteiger partial charge in [0, 0.05) is 4.88 Å². The van der Waals surface area contributed by atoms with Gasteiger partial charge in [0.1, 0.15) is 10.9 Å². The lowest BCUT2D eigenvalue weighted by Crippen LogP contribution is -2.05. The average molecular weight is 182 g/mol. The van der Waals surface area contributed by atoms with E-state index in [1.54, 1.807) is 12.1 Å². The third-order valence-corrected chi connectivity index (χ3v) is 2.60. The zero-order valence-electron chi connectivity index (χ0n) is 6.53. The minimum atomic E-state index is -0.512. The Balaban J connectivity index is 2.69. The molecule has 1 aromatic rings. The molecule has 3 nitrogen and oxygen atoms in total. The Morgan fingerprint density at radius 2 is 2.42 bits per heavy atom. The molecule has 4 heteroatoms. The van der Waals surface area contributed by atoms with Crippen LogP contribution in [-0.2, 0) is 0 Å². The Hall–Kier alpha value is -0.890. The molecule has 0 saturated heterocycles. The number of rotatable bonds is 3. The molecule has 1 atom stereocenters. The van der Waals surface area contributed by atoms with Crippen LogP contribution in [0.3, 0.4) is 0 Å². The van der Waals surface area contributed by atoms with E-state index in [0.29, 0.717) is 17.8 Å². The van der Waals surface area contributed by atoms with Crippen LogP contribution >= 0.6 is 11.3 Å². The highest BCUT2D eigenvalue weighted by Gasteiger charge is 2.08. The van der Waals surface area contributed by atoms with Crippen LogP contribution in [0.5, 0.6) is 0 Å². The second-order valence-corrected chi connectivity index (χ2v) is 3.52. The molecule has 0 amide bonds. The van der Waals surface area contributed by atoms with Crippen LogP contribution in [0.4, 0.5) is 0 Å². The first kappa shape index (κ1) is 9.20. The Morgan fingerprint density at radius 1 is 1.67 bits per heavy atom. The van der Waals surface area contributed by atoms with Gasteiger partial charge >= 0.3 is 0 Å². The summed E-state index contributed by atoms with van der Waals surface area (Å²) in [5, 5.41) is 18.0. The fraction of sp³-hybridized carbons (Fsp3) is 0.375. The fourth-order valence-corrected chi connectivity index (χ4v) is 1.72. The van der Waals surface area contributed by atoms with Gasteiger partial charge in [-0.25, -0.2) is 0 Å². The number of aliphatic hydroxyl groups excluding tert-OH is 1. The van der Waals surface area contributed by atoms with Crippen molar-refractivity contribution in [3.63, 3.8) is 0 Å². The highest BCUT2D eigenvalue weighted by atomic mass is 32.1. The van der Waals surface area contributed by atoms with Crippen molar-refractivity contribution in [2.45, 2.75) is 12.5 Å². The van der Waals surface area contributed by atoms with Gasteiger partial charge in [0.05, 0.1) is 6.10 Å². The number of aliphatic hydroxyl groups is 1. The van der Waals surface area contributed by atoms with Crippen LogP contribution in [0, 0.1) is 11.3 Å². The van der Waals surface area contributed by atoms with E-state index in [1.807, 2.05) is 6.07 Å². The second kappa shape index (κ2) is 4.21. The van der Waals surface area contributed by atoms with Gasteiger partial charge in [-0.15, -0.1) is 11.3 Å². The maximum atomic E-state index is 9.45. The largest absolute Gasteiger partial charge is 0.388 e. The zero-order chi connectivity index (χ0) is 8.97. The molecular formula is C8H10N2OS. The molecule has 64 valence electrons. The number of hydrogen-bond acceptors (Lipinski definition) is 4. The van der Waals surface area contributed by atoms with Gasteiger partial charge in [0.2, 0.25) is 0 Å². The summed E-state index contributed by atoms with van der Waals surface area (Å²) in [5.41, 5.74) is 5.29. The van der Waals surface area contributed by atoms with E-state index in [-0.39, 0.29) is 0 Å². The number of nitriles is 1. The predicted molar refractivity (Wildman–Crippen MR) is 47.7 cm³/mol. The molecular weight excluding hydrogens is 172 g/mol. The van der Waals surface area contributed by atoms with Gasteiger partial charge < -0.3 is 10.8 Å². The predicted octanol–water partition coefficient (Wildman–Crippen LogP) is 1.00. The summed E-state index contributed by atoms with van der Waals surface area (Å²) >= 11 is 1.31. The van der Waals surface area contributed by atoms with E-state index in [1.165, 1.54) is 11.3 Å². The molecule has 0 spiro atoms. The summed E-state index contributed by atoms with van der Waals surface area (Å²) in [6, 6.07) is 5.50. The first-order valence-corrected chi connectivity index (χ1v) is 4.47. The Labute approximate surface area is 75.1 Å². The summed E-state index contributed by atoms with van der Waals surface area (Å²) in [6.45, 7) is 0.459. The van der Waals surface area contributed by atoms with Crippen LogP contribution in [0.1, 0.15) is 22.3 Å². The molecule has 12 heavy (non-hydrogen) atoms. The second-order valence-electron chi connectivity index (χ2n) is 2.41. The number of thiophene rings is 1. The van der Waals surface area contributed by atoms with Crippen LogP contribution in [0.25, 0.3) is 0 Å². The molecule has 0 aliphatic rings. The summed E-state index contributed by atoms with van der Waals surface area (Å²) in [4.78, 5) is 1.44. The van der Waals surface area contributed by atoms with Crippen LogP contribution in [0.2, 0.25) is 0 Å². The van der Waals surface area contributed by atoms with Crippen molar-refractivity contribution < 1.29 is 5.11 Å². The summed E-state index contributed by atoms with van der Waals surface area (Å²) in [7, 11) is 0. The molecule has 0 aliphatic heterocycles. The van der Waals surface area contributed by atoms with E-state index in [4.69, 9.17) is 11.0 Å². The van der Waals surface area contributed by atoms with Crippen molar-refractivity contribution >= 4 is 11.3 Å². The van der Waals surface area contributed by atoms with E-state index >= 15 is 0 Å². The number of nitrogens with two attached hydrogens (primary N) is 1. The third-order valence-electron chi connectivity index (χ3n) is 1.51. The quantitative estimate of drug-likeness (QED) is 0.732. The fourth-order valence-electron chi connectivity index (χ4n) is 0.892. The lowest BCUT2D eigenvalue weighted by molar-refractivity contribution is 0.174. The molecule has 1 heterocycles. The zero-order valence-corrected chi connectivity index (χ0v) is 7.34. The minimum absolute atomic E-state index is 0.459. The van der Waals surface area contributed by atoms with Crippen LogP contribution in [0.15, 0.2) is 12.1 Å². The van der Waals surface area contributed by atoms with E-state index in [0.717, 1.165) is 4.88 Å². The van der Waals surface area contributed by atoms with Gasteiger partial charge in [-0.2, -0.15) is 5.26 Å². The molecule has 0 saturated carbocycles. The maximum absolute atomic E-state index is 9.45. The van der Waals surface area contributed by atoms with Crippen molar-refractivity contribution in [2.75, 3.05) is 6.54 Å². The molecule has 0 aromatic carbocycles. The molecule has 1 rings (SSSR count). The topological polar surface area (TPSA) is 70.0 Å². The monoisotopic (exact) mass is 182 g/mol. The van der Waals surface area contributed by atoms with Gasteiger partial charge in [0.15, 0.2) is 0 Å². The van der Waals surface area contributed by atoms with E-state index in [2.05, 4.69) is 0 Å².